The summed E-state index contributed by atoms with van der Waals surface area (Å²) in [6.45, 7) is 2.09. The van der Waals surface area contributed by atoms with Gasteiger partial charge in [0.2, 0.25) is 0 Å². The van der Waals surface area contributed by atoms with Crippen molar-refractivity contribution >= 4 is 11.8 Å². The molecule has 0 amide bonds. The number of pyridine rings is 1. The Bertz CT molecular complexity index is 219. The highest BCUT2D eigenvalue weighted by Crippen LogP contribution is 2.30. The fourth-order valence-corrected chi connectivity index (χ4v) is 1.98. The van der Waals surface area contributed by atoms with E-state index in [2.05, 4.69) is 22.9 Å². The standard InChI is InChI=1S/C8H9N2S/c1-2-7(6-9-3-1)8-10-4-5-11-8/h1-4,6,8,10H,5H2. The van der Waals surface area contributed by atoms with E-state index in [1.807, 2.05) is 24.0 Å². The average Bonchev–Trinajstić information content (AvgIpc) is 2.58. The third-order valence-corrected chi connectivity index (χ3v) is 2.70. The van der Waals surface area contributed by atoms with Crippen LogP contribution in [0.15, 0.2) is 24.5 Å². The summed E-state index contributed by atoms with van der Waals surface area (Å²) in [7, 11) is 0. The monoisotopic (exact) mass is 165 g/mol. The Morgan fingerprint density at radius 2 is 2.64 bits per heavy atom. The maximum atomic E-state index is 4.06. The molecule has 1 aromatic heterocycles. The first-order chi connectivity index (χ1) is 5.47. The molecule has 0 bridgehead atoms. The molecule has 1 unspecified atom stereocenters. The first-order valence-corrected chi connectivity index (χ1v) is 4.61. The Kier molecular flexibility index (Phi) is 2.10. The van der Waals surface area contributed by atoms with E-state index in [1.54, 1.807) is 6.20 Å². The van der Waals surface area contributed by atoms with E-state index in [9.17, 15) is 0 Å². The van der Waals surface area contributed by atoms with Gasteiger partial charge in [-0.15, -0.1) is 11.8 Å². The van der Waals surface area contributed by atoms with Crippen LogP contribution in [0.2, 0.25) is 0 Å². The summed E-state index contributed by atoms with van der Waals surface area (Å²) in [5.41, 5.74) is 1.26. The van der Waals surface area contributed by atoms with Crippen LogP contribution in [0.4, 0.5) is 0 Å². The van der Waals surface area contributed by atoms with Gasteiger partial charge >= 0.3 is 0 Å². The average molecular weight is 165 g/mol. The SMILES string of the molecule is [CH]1CSC(c2cccnc2)N1. The molecule has 1 saturated heterocycles. The van der Waals surface area contributed by atoms with E-state index in [0.29, 0.717) is 5.37 Å². The van der Waals surface area contributed by atoms with Crippen molar-refractivity contribution in [3.05, 3.63) is 36.6 Å². The van der Waals surface area contributed by atoms with Gasteiger partial charge in [-0.25, -0.2) is 0 Å². The molecular formula is C8H9N2S. The number of rotatable bonds is 1. The van der Waals surface area contributed by atoms with Crippen LogP contribution in [0, 0.1) is 6.54 Å². The van der Waals surface area contributed by atoms with E-state index in [0.717, 1.165) is 5.75 Å². The molecule has 1 aromatic rings. The summed E-state index contributed by atoms with van der Waals surface area (Å²) >= 11 is 1.89. The van der Waals surface area contributed by atoms with Crippen molar-refractivity contribution in [2.75, 3.05) is 5.75 Å². The number of nitrogens with zero attached hydrogens (tertiary/aromatic N) is 1. The van der Waals surface area contributed by atoms with Crippen molar-refractivity contribution in [1.82, 2.24) is 10.3 Å². The van der Waals surface area contributed by atoms with Gasteiger partial charge in [0.25, 0.3) is 0 Å². The Hall–Kier alpha value is -0.540. The summed E-state index contributed by atoms with van der Waals surface area (Å²) in [6.07, 6.45) is 3.71. The second kappa shape index (κ2) is 3.24. The molecule has 0 saturated carbocycles. The fraction of sp³-hybridized carbons (Fsp3) is 0.250. The Balaban J connectivity index is 2.16. The molecule has 1 N–H and O–H groups in total. The summed E-state index contributed by atoms with van der Waals surface area (Å²) in [4.78, 5) is 4.06. The maximum Gasteiger partial charge on any atom is 0.0807 e. The predicted octanol–water partition coefficient (Wildman–Crippen LogP) is 1.58. The van der Waals surface area contributed by atoms with Crippen LogP contribution in [0.1, 0.15) is 10.9 Å². The summed E-state index contributed by atoms with van der Waals surface area (Å²) in [5, 5.41) is 3.69. The Morgan fingerprint density at radius 3 is 3.27 bits per heavy atom. The van der Waals surface area contributed by atoms with Gasteiger partial charge < -0.3 is 0 Å². The van der Waals surface area contributed by atoms with Crippen LogP contribution in [0.3, 0.4) is 0 Å². The van der Waals surface area contributed by atoms with Crippen LogP contribution in [0.5, 0.6) is 0 Å². The van der Waals surface area contributed by atoms with E-state index in [-0.39, 0.29) is 0 Å². The topological polar surface area (TPSA) is 24.9 Å². The second-order valence-electron chi connectivity index (χ2n) is 2.37. The number of hydrogen-bond acceptors (Lipinski definition) is 3. The smallest absolute Gasteiger partial charge is 0.0807 e. The van der Waals surface area contributed by atoms with E-state index in [4.69, 9.17) is 0 Å². The molecule has 1 atom stereocenters. The minimum atomic E-state index is 0.420. The van der Waals surface area contributed by atoms with E-state index >= 15 is 0 Å². The van der Waals surface area contributed by atoms with Gasteiger partial charge in [0.1, 0.15) is 0 Å². The van der Waals surface area contributed by atoms with Gasteiger partial charge in [0, 0.05) is 24.7 Å². The molecule has 2 heterocycles. The van der Waals surface area contributed by atoms with Crippen molar-refractivity contribution in [3.63, 3.8) is 0 Å². The van der Waals surface area contributed by atoms with Crippen molar-refractivity contribution in [2.45, 2.75) is 5.37 Å². The minimum Gasteiger partial charge on any atom is -0.296 e. The number of aromatic nitrogens is 1. The molecule has 0 aromatic carbocycles. The van der Waals surface area contributed by atoms with Crippen LogP contribution in [-0.2, 0) is 0 Å². The second-order valence-corrected chi connectivity index (χ2v) is 3.51. The number of nitrogens with one attached hydrogen (secondary N) is 1. The van der Waals surface area contributed by atoms with Gasteiger partial charge in [-0.2, -0.15) is 0 Å². The predicted molar refractivity (Wildman–Crippen MR) is 46.9 cm³/mol. The zero-order chi connectivity index (χ0) is 7.52. The molecule has 11 heavy (non-hydrogen) atoms. The molecule has 1 aliphatic rings. The molecule has 2 rings (SSSR count). The lowest BCUT2D eigenvalue weighted by atomic mass is 10.3. The molecule has 1 radical (unpaired) electrons. The molecular weight excluding hydrogens is 156 g/mol. The van der Waals surface area contributed by atoms with Gasteiger partial charge in [-0.3, -0.25) is 10.3 Å². The Morgan fingerprint density at radius 1 is 1.64 bits per heavy atom. The van der Waals surface area contributed by atoms with Crippen molar-refractivity contribution in [1.29, 1.82) is 0 Å². The van der Waals surface area contributed by atoms with Crippen molar-refractivity contribution in [3.8, 4) is 0 Å². The van der Waals surface area contributed by atoms with Crippen molar-refractivity contribution < 1.29 is 0 Å². The zero-order valence-corrected chi connectivity index (χ0v) is 6.84. The van der Waals surface area contributed by atoms with Crippen molar-refractivity contribution in [2.24, 2.45) is 0 Å². The summed E-state index contributed by atoms with van der Waals surface area (Å²) < 4.78 is 0. The van der Waals surface area contributed by atoms with Gasteiger partial charge in [0.05, 0.1) is 5.37 Å². The first-order valence-electron chi connectivity index (χ1n) is 3.56. The first kappa shape index (κ1) is 7.13. The maximum absolute atomic E-state index is 4.06. The number of thioether (sulfide) groups is 1. The molecule has 0 aliphatic carbocycles. The lowest BCUT2D eigenvalue weighted by molar-refractivity contribution is 0.816. The van der Waals surface area contributed by atoms with E-state index < -0.39 is 0 Å². The highest BCUT2D eigenvalue weighted by molar-refractivity contribution is 7.99. The third kappa shape index (κ3) is 1.54. The minimum absolute atomic E-state index is 0.420. The van der Waals surface area contributed by atoms with E-state index in [1.165, 1.54) is 5.56 Å². The van der Waals surface area contributed by atoms with Gasteiger partial charge in [0.15, 0.2) is 0 Å². The lowest BCUT2D eigenvalue weighted by Crippen LogP contribution is -2.07. The fourth-order valence-electron chi connectivity index (χ4n) is 1.07. The summed E-state index contributed by atoms with van der Waals surface area (Å²) in [6, 6.07) is 4.06. The number of hydrogen-bond donors (Lipinski definition) is 1. The molecule has 0 spiro atoms. The quantitative estimate of drug-likeness (QED) is 0.684. The van der Waals surface area contributed by atoms with Crippen LogP contribution in [-0.4, -0.2) is 10.7 Å². The molecule has 1 fully saturated rings. The van der Waals surface area contributed by atoms with Gasteiger partial charge in [-0.1, -0.05) is 6.07 Å². The molecule has 3 heteroatoms. The molecule has 1 aliphatic heterocycles. The third-order valence-electron chi connectivity index (χ3n) is 1.60. The van der Waals surface area contributed by atoms with Crippen LogP contribution in [0.25, 0.3) is 0 Å². The molecule has 57 valence electrons. The van der Waals surface area contributed by atoms with Crippen LogP contribution >= 0.6 is 11.8 Å². The lowest BCUT2D eigenvalue weighted by Gasteiger charge is -2.07. The largest absolute Gasteiger partial charge is 0.296 e. The Labute approximate surface area is 70.4 Å². The zero-order valence-electron chi connectivity index (χ0n) is 6.03. The normalized spacial score (nSPS) is 23.8. The highest BCUT2D eigenvalue weighted by Gasteiger charge is 2.16. The van der Waals surface area contributed by atoms with Gasteiger partial charge in [-0.05, 0) is 11.6 Å². The summed E-state index contributed by atoms with van der Waals surface area (Å²) in [5.74, 6) is 1.08. The molecule has 2 nitrogen and oxygen atoms in total. The highest BCUT2D eigenvalue weighted by atomic mass is 32.2. The van der Waals surface area contributed by atoms with Crippen LogP contribution < -0.4 is 5.32 Å².